The Morgan fingerprint density at radius 1 is 1.33 bits per heavy atom. The summed E-state index contributed by atoms with van der Waals surface area (Å²) in [4.78, 5) is 25.4. The highest BCUT2D eigenvalue weighted by Crippen LogP contribution is 2.16. The highest BCUT2D eigenvalue weighted by Gasteiger charge is 2.23. The quantitative estimate of drug-likeness (QED) is 0.848. The van der Waals surface area contributed by atoms with Crippen LogP contribution < -0.4 is 5.32 Å². The normalized spacial score (nSPS) is 11.9. The molecule has 0 aromatic heterocycles. The number of ether oxygens (including phenoxy) is 1. The molecule has 0 bridgehead atoms. The molecule has 2 amide bonds. The van der Waals surface area contributed by atoms with Gasteiger partial charge in [0.1, 0.15) is 0 Å². The third-order valence-corrected chi connectivity index (χ3v) is 3.27. The number of rotatable bonds is 5. The van der Waals surface area contributed by atoms with E-state index in [2.05, 4.69) is 5.32 Å². The summed E-state index contributed by atoms with van der Waals surface area (Å²) >= 11 is 5.89. The summed E-state index contributed by atoms with van der Waals surface area (Å²) in [5, 5.41) is 3.32. The van der Waals surface area contributed by atoms with Crippen LogP contribution >= 0.6 is 11.6 Å². The van der Waals surface area contributed by atoms with Crippen LogP contribution in [0.4, 0.5) is 10.5 Å². The monoisotopic (exact) mass is 312 g/mol. The molecule has 1 atom stereocenters. The number of anilines is 1. The van der Waals surface area contributed by atoms with Crippen molar-refractivity contribution in [2.45, 2.75) is 26.8 Å². The maximum Gasteiger partial charge on any atom is 0.322 e. The Morgan fingerprint density at radius 3 is 2.52 bits per heavy atom. The molecule has 1 rings (SSSR count). The Morgan fingerprint density at radius 2 is 2.00 bits per heavy atom. The number of nitrogens with zero attached hydrogens (tertiary/aromatic N) is 1. The molecule has 0 radical (unpaired) electrons. The standard InChI is InChI=1S/C15H21ClN2O3/c1-10(2)18(9-11(3)14(19)21-4)15(20)17-13-7-5-6-12(16)8-13/h5-8,10-11H,9H2,1-4H3,(H,17,20). The number of amides is 2. The average molecular weight is 313 g/mol. The van der Waals surface area contributed by atoms with E-state index in [0.717, 1.165) is 0 Å². The van der Waals surface area contributed by atoms with Gasteiger partial charge in [-0.1, -0.05) is 24.6 Å². The third-order valence-electron chi connectivity index (χ3n) is 3.03. The molecule has 116 valence electrons. The fourth-order valence-electron chi connectivity index (χ4n) is 1.86. The predicted molar refractivity (Wildman–Crippen MR) is 83.5 cm³/mol. The number of benzene rings is 1. The van der Waals surface area contributed by atoms with Crippen LogP contribution in [0, 0.1) is 5.92 Å². The number of hydrogen-bond donors (Lipinski definition) is 1. The van der Waals surface area contributed by atoms with E-state index in [4.69, 9.17) is 16.3 Å². The molecule has 1 N–H and O–H groups in total. The number of urea groups is 1. The van der Waals surface area contributed by atoms with Crippen LogP contribution in [0.3, 0.4) is 0 Å². The number of hydrogen-bond acceptors (Lipinski definition) is 3. The molecule has 1 unspecified atom stereocenters. The van der Waals surface area contributed by atoms with Crippen molar-refractivity contribution in [1.82, 2.24) is 4.90 Å². The van der Waals surface area contributed by atoms with Crippen molar-refractivity contribution in [3.63, 3.8) is 0 Å². The van der Waals surface area contributed by atoms with E-state index >= 15 is 0 Å². The van der Waals surface area contributed by atoms with E-state index in [-0.39, 0.29) is 30.5 Å². The topological polar surface area (TPSA) is 58.6 Å². The molecule has 0 aliphatic heterocycles. The molecule has 21 heavy (non-hydrogen) atoms. The summed E-state index contributed by atoms with van der Waals surface area (Å²) in [6.45, 7) is 5.80. The van der Waals surface area contributed by atoms with Crippen molar-refractivity contribution < 1.29 is 14.3 Å². The van der Waals surface area contributed by atoms with Crippen molar-refractivity contribution in [3.05, 3.63) is 29.3 Å². The van der Waals surface area contributed by atoms with Crippen LogP contribution in [0.25, 0.3) is 0 Å². The lowest BCUT2D eigenvalue weighted by Crippen LogP contribution is -2.44. The predicted octanol–water partition coefficient (Wildman–Crippen LogP) is 3.39. The first-order valence-corrected chi connectivity index (χ1v) is 7.14. The van der Waals surface area contributed by atoms with E-state index in [9.17, 15) is 9.59 Å². The van der Waals surface area contributed by atoms with Gasteiger partial charge in [0.25, 0.3) is 0 Å². The molecule has 1 aromatic carbocycles. The Labute approximate surface area is 130 Å². The van der Waals surface area contributed by atoms with Crippen LogP contribution in [0.2, 0.25) is 5.02 Å². The second kappa shape index (κ2) is 7.88. The summed E-state index contributed by atoms with van der Waals surface area (Å²) in [5.41, 5.74) is 0.615. The molecular weight excluding hydrogens is 292 g/mol. The zero-order valence-electron chi connectivity index (χ0n) is 12.7. The summed E-state index contributed by atoms with van der Waals surface area (Å²) in [7, 11) is 1.34. The maximum absolute atomic E-state index is 12.3. The zero-order valence-corrected chi connectivity index (χ0v) is 13.5. The van der Waals surface area contributed by atoms with Gasteiger partial charge in [-0.2, -0.15) is 0 Å². The Kier molecular flexibility index (Phi) is 6.49. The number of methoxy groups -OCH3 is 1. The van der Waals surface area contributed by atoms with Gasteiger partial charge in [0.05, 0.1) is 13.0 Å². The number of esters is 1. The molecule has 0 fully saturated rings. The molecule has 0 aliphatic rings. The van der Waals surface area contributed by atoms with Crippen molar-refractivity contribution in [2.24, 2.45) is 5.92 Å². The lowest BCUT2D eigenvalue weighted by Gasteiger charge is -2.28. The van der Waals surface area contributed by atoms with Crippen LogP contribution in [-0.4, -0.2) is 36.6 Å². The first kappa shape index (κ1) is 17.3. The number of nitrogens with one attached hydrogen (secondary N) is 1. The van der Waals surface area contributed by atoms with Gasteiger partial charge in [0.15, 0.2) is 0 Å². The smallest absolute Gasteiger partial charge is 0.322 e. The Bertz CT molecular complexity index is 505. The minimum absolute atomic E-state index is 0.0451. The van der Waals surface area contributed by atoms with Gasteiger partial charge in [0, 0.05) is 23.3 Å². The minimum atomic E-state index is -0.387. The number of carbonyl (C=O) groups is 2. The van der Waals surface area contributed by atoms with Crippen LogP contribution in [0.1, 0.15) is 20.8 Å². The average Bonchev–Trinajstić information content (AvgIpc) is 2.42. The van der Waals surface area contributed by atoms with E-state index in [1.54, 1.807) is 36.1 Å². The van der Waals surface area contributed by atoms with E-state index in [1.807, 2.05) is 13.8 Å². The molecule has 0 aliphatic carbocycles. The number of carbonyl (C=O) groups excluding carboxylic acids is 2. The van der Waals surface area contributed by atoms with E-state index in [1.165, 1.54) is 7.11 Å². The number of halogens is 1. The second-order valence-corrected chi connectivity index (χ2v) is 5.55. The molecule has 0 saturated heterocycles. The highest BCUT2D eigenvalue weighted by atomic mass is 35.5. The lowest BCUT2D eigenvalue weighted by molar-refractivity contribution is -0.145. The summed E-state index contributed by atoms with van der Waals surface area (Å²) < 4.78 is 4.69. The SMILES string of the molecule is COC(=O)C(C)CN(C(=O)Nc1cccc(Cl)c1)C(C)C. The molecule has 1 aromatic rings. The molecule has 0 spiro atoms. The van der Waals surface area contributed by atoms with Crippen molar-refractivity contribution in [2.75, 3.05) is 19.0 Å². The second-order valence-electron chi connectivity index (χ2n) is 5.11. The van der Waals surface area contributed by atoms with Crippen molar-refractivity contribution >= 4 is 29.3 Å². The molecule has 0 saturated carbocycles. The minimum Gasteiger partial charge on any atom is -0.469 e. The van der Waals surface area contributed by atoms with Crippen molar-refractivity contribution in [1.29, 1.82) is 0 Å². The van der Waals surface area contributed by atoms with Gasteiger partial charge in [0.2, 0.25) is 0 Å². The van der Waals surface area contributed by atoms with Crippen LogP contribution in [0.15, 0.2) is 24.3 Å². The van der Waals surface area contributed by atoms with E-state index < -0.39 is 0 Å². The third kappa shape index (κ3) is 5.27. The molecule has 5 nitrogen and oxygen atoms in total. The molecular formula is C15H21ClN2O3. The molecule has 0 heterocycles. The Hall–Kier alpha value is -1.75. The first-order valence-electron chi connectivity index (χ1n) is 6.76. The van der Waals surface area contributed by atoms with Gasteiger partial charge >= 0.3 is 12.0 Å². The van der Waals surface area contributed by atoms with Crippen LogP contribution in [-0.2, 0) is 9.53 Å². The van der Waals surface area contributed by atoms with E-state index in [0.29, 0.717) is 10.7 Å². The highest BCUT2D eigenvalue weighted by molar-refractivity contribution is 6.30. The van der Waals surface area contributed by atoms with Gasteiger partial charge < -0.3 is 15.0 Å². The maximum atomic E-state index is 12.3. The fraction of sp³-hybridized carbons (Fsp3) is 0.467. The fourth-order valence-corrected chi connectivity index (χ4v) is 2.05. The first-order chi connectivity index (χ1) is 9.85. The largest absolute Gasteiger partial charge is 0.469 e. The zero-order chi connectivity index (χ0) is 16.0. The van der Waals surface area contributed by atoms with Gasteiger partial charge in [-0.25, -0.2) is 4.79 Å². The lowest BCUT2D eigenvalue weighted by atomic mass is 10.1. The van der Waals surface area contributed by atoms with Gasteiger partial charge in [-0.15, -0.1) is 0 Å². The molecule has 6 heteroatoms. The van der Waals surface area contributed by atoms with Gasteiger partial charge in [-0.05, 0) is 32.0 Å². The Balaban J connectivity index is 2.76. The van der Waals surface area contributed by atoms with Crippen molar-refractivity contribution in [3.8, 4) is 0 Å². The summed E-state index contributed by atoms with van der Waals surface area (Å²) in [5.74, 6) is -0.723. The summed E-state index contributed by atoms with van der Waals surface area (Å²) in [6, 6.07) is 6.60. The van der Waals surface area contributed by atoms with Gasteiger partial charge in [-0.3, -0.25) is 4.79 Å². The van der Waals surface area contributed by atoms with Crippen LogP contribution in [0.5, 0.6) is 0 Å². The summed E-state index contributed by atoms with van der Waals surface area (Å²) in [6.07, 6.45) is 0.